The number of ether oxygens (including phenoxy) is 1. The van der Waals surface area contributed by atoms with Crippen molar-refractivity contribution in [1.82, 2.24) is 15.5 Å². The number of rotatable bonds is 9. The lowest BCUT2D eigenvalue weighted by Crippen LogP contribution is -2.40. The van der Waals surface area contributed by atoms with Crippen LogP contribution in [0.25, 0.3) is 0 Å². The molecule has 2 aromatic rings. The van der Waals surface area contributed by atoms with E-state index in [0.29, 0.717) is 0 Å². The second kappa shape index (κ2) is 11.6. The van der Waals surface area contributed by atoms with Crippen molar-refractivity contribution < 1.29 is 9.15 Å². The number of aryl methyl sites for hydroxylation is 1. The first kappa shape index (κ1) is 21.4. The van der Waals surface area contributed by atoms with Gasteiger partial charge in [-0.3, -0.25) is 9.89 Å². The molecular weight excluding hydrogens is 364 g/mol. The molecule has 1 aliphatic heterocycles. The SMILES string of the molecule is Cc1ccccc1C(C)NC(=NCCCN1CCOCC1)NCCc1ccco1. The molecule has 1 aliphatic rings. The first-order valence-electron chi connectivity index (χ1n) is 10.7. The number of benzene rings is 1. The molecule has 2 heterocycles. The Morgan fingerprint density at radius 1 is 1.17 bits per heavy atom. The van der Waals surface area contributed by atoms with E-state index in [0.717, 1.165) is 70.5 Å². The van der Waals surface area contributed by atoms with Crippen LogP contribution in [0.15, 0.2) is 52.1 Å². The third-order valence-corrected chi connectivity index (χ3v) is 5.26. The highest BCUT2D eigenvalue weighted by Crippen LogP contribution is 2.16. The first-order chi connectivity index (χ1) is 14.2. The van der Waals surface area contributed by atoms with Gasteiger partial charge < -0.3 is 19.8 Å². The molecule has 0 radical (unpaired) electrons. The van der Waals surface area contributed by atoms with E-state index >= 15 is 0 Å². The Morgan fingerprint density at radius 2 is 2.00 bits per heavy atom. The lowest BCUT2D eigenvalue weighted by Gasteiger charge is -2.26. The molecular formula is C23H34N4O2. The van der Waals surface area contributed by atoms with E-state index in [1.165, 1.54) is 11.1 Å². The Morgan fingerprint density at radius 3 is 2.76 bits per heavy atom. The summed E-state index contributed by atoms with van der Waals surface area (Å²) in [6.45, 7) is 10.7. The Kier molecular flexibility index (Phi) is 8.58. The minimum absolute atomic E-state index is 0.185. The lowest BCUT2D eigenvalue weighted by atomic mass is 10.0. The third kappa shape index (κ3) is 7.22. The number of morpholine rings is 1. The standard InChI is InChI=1S/C23H34N4O2/c1-19-7-3-4-9-22(19)20(2)26-23(25-12-10-21-8-5-16-29-21)24-11-6-13-27-14-17-28-18-15-27/h3-5,7-9,16,20H,6,10-15,17-18H2,1-2H3,(H2,24,25,26). The fourth-order valence-corrected chi connectivity index (χ4v) is 3.58. The lowest BCUT2D eigenvalue weighted by molar-refractivity contribution is 0.0377. The molecule has 1 aromatic heterocycles. The van der Waals surface area contributed by atoms with Crippen molar-refractivity contribution in [2.75, 3.05) is 45.9 Å². The fraction of sp³-hybridized carbons (Fsp3) is 0.522. The van der Waals surface area contributed by atoms with Crippen LogP contribution in [-0.2, 0) is 11.2 Å². The topological polar surface area (TPSA) is 62.0 Å². The highest BCUT2D eigenvalue weighted by atomic mass is 16.5. The van der Waals surface area contributed by atoms with Crippen LogP contribution >= 0.6 is 0 Å². The second-order valence-electron chi connectivity index (χ2n) is 7.52. The molecule has 3 rings (SSSR count). The summed E-state index contributed by atoms with van der Waals surface area (Å²) in [4.78, 5) is 7.28. The predicted octanol–water partition coefficient (Wildman–Crippen LogP) is 3.15. The van der Waals surface area contributed by atoms with Gasteiger partial charge in [-0.05, 0) is 43.5 Å². The molecule has 1 unspecified atom stereocenters. The Hall–Kier alpha value is -2.31. The molecule has 1 atom stereocenters. The third-order valence-electron chi connectivity index (χ3n) is 5.26. The van der Waals surface area contributed by atoms with Gasteiger partial charge in [-0.2, -0.15) is 0 Å². The predicted molar refractivity (Wildman–Crippen MR) is 117 cm³/mol. The Labute approximate surface area is 174 Å². The van der Waals surface area contributed by atoms with Gasteiger partial charge in [-0.1, -0.05) is 24.3 Å². The normalized spacial score (nSPS) is 16.6. The van der Waals surface area contributed by atoms with Crippen LogP contribution in [0.2, 0.25) is 0 Å². The number of hydrogen-bond donors (Lipinski definition) is 2. The van der Waals surface area contributed by atoms with Crippen molar-refractivity contribution in [3.63, 3.8) is 0 Å². The van der Waals surface area contributed by atoms with Gasteiger partial charge in [0.1, 0.15) is 5.76 Å². The average Bonchev–Trinajstić information content (AvgIpc) is 3.25. The molecule has 1 aromatic carbocycles. The van der Waals surface area contributed by atoms with Crippen LogP contribution in [-0.4, -0.2) is 56.8 Å². The maximum absolute atomic E-state index is 5.43. The van der Waals surface area contributed by atoms with E-state index in [1.807, 2.05) is 12.1 Å². The van der Waals surface area contributed by atoms with E-state index < -0.39 is 0 Å². The van der Waals surface area contributed by atoms with E-state index in [1.54, 1.807) is 6.26 Å². The number of nitrogens with one attached hydrogen (secondary N) is 2. The molecule has 158 valence electrons. The van der Waals surface area contributed by atoms with Crippen molar-refractivity contribution in [3.8, 4) is 0 Å². The van der Waals surface area contributed by atoms with Crippen molar-refractivity contribution in [1.29, 1.82) is 0 Å². The summed E-state index contributed by atoms with van der Waals surface area (Å²) in [6.07, 6.45) is 3.60. The molecule has 0 spiro atoms. The van der Waals surface area contributed by atoms with Gasteiger partial charge in [0.2, 0.25) is 0 Å². The number of aliphatic imine (C=N–C) groups is 1. The van der Waals surface area contributed by atoms with E-state index in [9.17, 15) is 0 Å². The van der Waals surface area contributed by atoms with E-state index in [2.05, 4.69) is 53.6 Å². The monoisotopic (exact) mass is 398 g/mol. The fourth-order valence-electron chi connectivity index (χ4n) is 3.58. The molecule has 0 aliphatic carbocycles. The molecule has 2 N–H and O–H groups in total. The largest absolute Gasteiger partial charge is 0.469 e. The summed E-state index contributed by atoms with van der Waals surface area (Å²) < 4.78 is 10.8. The van der Waals surface area contributed by atoms with E-state index in [-0.39, 0.29) is 6.04 Å². The van der Waals surface area contributed by atoms with Crippen molar-refractivity contribution >= 4 is 5.96 Å². The summed E-state index contributed by atoms with van der Waals surface area (Å²) in [5, 5.41) is 7.03. The molecule has 0 amide bonds. The number of hydrogen-bond acceptors (Lipinski definition) is 4. The summed E-state index contributed by atoms with van der Waals surface area (Å²) in [5.41, 5.74) is 2.58. The van der Waals surface area contributed by atoms with Crippen molar-refractivity contribution in [2.24, 2.45) is 4.99 Å². The zero-order chi connectivity index (χ0) is 20.3. The minimum atomic E-state index is 0.185. The average molecular weight is 399 g/mol. The Balaban J connectivity index is 1.53. The van der Waals surface area contributed by atoms with Crippen LogP contribution in [0.4, 0.5) is 0 Å². The zero-order valence-electron chi connectivity index (χ0n) is 17.7. The smallest absolute Gasteiger partial charge is 0.191 e. The van der Waals surface area contributed by atoms with Gasteiger partial charge in [0.15, 0.2) is 5.96 Å². The summed E-state index contributed by atoms with van der Waals surface area (Å²) in [7, 11) is 0. The molecule has 6 nitrogen and oxygen atoms in total. The summed E-state index contributed by atoms with van der Waals surface area (Å²) in [5.74, 6) is 1.84. The highest BCUT2D eigenvalue weighted by molar-refractivity contribution is 5.80. The second-order valence-corrected chi connectivity index (χ2v) is 7.52. The van der Waals surface area contributed by atoms with Crippen molar-refractivity contribution in [3.05, 3.63) is 59.5 Å². The van der Waals surface area contributed by atoms with Gasteiger partial charge in [-0.25, -0.2) is 0 Å². The number of nitrogens with zero attached hydrogens (tertiary/aromatic N) is 2. The summed E-state index contributed by atoms with van der Waals surface area (Å²) in [6, 6.07) is 12.6. The first-order valence-corrected chi connectivity index (χ1v) is 10.7. The van der Waals surface area contributed by atoms with E-state index in [4.69, 9.17) is 14.1 Å². The van der Waals surface area contributed by atoms with Crippen LogP contribution in [0, 0.1) is 6.92 Å². The van der Waals surface area contributed by atoms with Crippen LogP contribution < -0.4 is 10.6 Å². The maximum atomic E-state index is 5.43. The molecule has 29 heavy (non-hydrogen) atoms. The van der Waals surface area contributed by atoms with Gasteiger partial charge in [0.25, 0.3) is 0 Å². The molecule has 1 saturated heterocycles. The zero-order valence-corrected chi connectivity index (χ0v) is 17.7. The Bertz CT molecular complexity index is 739. The quantitative estimate of drug-likeness (QED) is 0.386. The van der Waals surface area contributed by atoms with Crippen LogP contribution in [0.1, 0.15) is 36.3 Å². The molecule has 0 bridgehead atoms. The van der Waals surface area contributed by atoms with Gasteiger partial charge in [0, 0.05) is 39.1 Å². The van der Waals surface area contributed by atoms with Crippen LogP contribution in [0.5, 0.6) is 0 Å². The van der Waals surface area contributed by atoms with Crippen LogP contribution in [0.3, 0.4) is 0 Å². The maximum Gasteiger partial charge on any atom is 0.191 e. The molecule has 6 heteroatoms. The number of furan rings is 1. The highest BCUT2D eigenvalue weighted by Gasteiger charge is 2.11. The summed E-state index contributed by atoms with van der Waals surface area (Å²) >= 11 is 0. The van der Waals surface area contributed by atoms with Crippen molar-refractivity contribution in [2.45, 2.75) is 32.7 Å². The minimum Gasteiger partial charge on any atom is -0.469 e. The van der Waals surface area contributed by atoms with Gasteiger partial charge in [0.05, 0.1) is 25.5 Å². The van der Waals surface area contributed by atoms with Gasteiger partial charge >= 0.3 is 0 Å². The number of guanidine groups is 1. The molecule has 1 fully saturated rings. The molecule has 0 saturated carbocycles. The van der Waals surface area contributed by atoms with Gasteiger partial charge in [-0.15, -0.1) is 0 Å².